The maximum atomic E-state index is 8.53. The Kier molecular flexibility index (Phi) is 2.62. The number of rotatable bonds is 3. The quantitative estimate of drug-likeness (QED) is 0.485. The first-order valence-corrected chi connectivity index (χ1v) is 4.84. The smallest absolute Gasteiger partial charge is 0.137 e. The minimum atomic E-state index is 0.0270. The van der Waals surface area contributed by atoms with Crippen molar-refractivity contribution in [2.24, 2.45) is 5.92 Å². The Morgan fingerprint density at radius 1 is 1.54 bits per heavy atom. The first kappa shape index (κ1) is 8.74. The molecule has 1 heterocycles. The first-order valence-electron chi connectivity index (χ1n) is 4.84. The molecule has 0 aromatic carbocycles. The lowest BCUT2D eigenvalue weighted by atomic mass is 9.95. The Bertz CT molecular complexity index is 244. The van der Waals surface area contributed by atoms with Crippen molar-refractivity contribution in [1.29, 1.82) is 5.26 Å². The fraction of sp³-hybridized carbons (Fsp3) is 0.700. The van der Waals surface area contributed by atoms with Crippen LogP contribution in [-0.4, -0.2) is 24.3 Å². The SMILES string of the molecule is N#CC1CN1OCC1CC=CCC1. The van der Waals surface area contributed by atoms with Crippen molar-refractivity contribution in [3.05, 3.63) is 12.2 Å². The van der Waals surface area contributed by atoms with Crippen LogP contribution < -0.4 is 0 Å². The van der Waals surface area contributed by atoms with Crippen LogP contribution in [0.15, 0.2) is 12.2 Å². The van der Waals surface area contributed by atoms with E-state index in [1.807, 2.05) is 0 Å². The van der Waals surface area contributed by atoms with Crippen LogP contribution in [0.5, 0.6) is 0 Å². The van der Waals surface area contributed by atoms with Gasteiger partial charge in [-0.3, -0.25) is 4.84 Å². The predicted molar refractivity (Wildman–Crippen MR) is 48.5 cm³/mol. The number of nitriles is 1. The number of hydroxylamine groups is 2. The molecule has 1 aliphatic carbocycles. The molecule has 3 heteroatoms. The summed E-state index contributed by atoms with van der Waals surface area (Å²) >= 11 is 0. The second kappa shape index (κ2) is 3.91. The standard InChI is InChI=1S/C10H14N2O/c11-6-10-7-12(10)13-8-9-4-2-1-3-5-9/h1-2,9-10H,3-5,7-8H2. The van der Waals surface area contributed by atoms with E-state index in [4.69, 9.17) is 10.1 Å². The fourth-order valence-corrected chi connectivity index (χ4v) is 1.58. The van der Waals surface area contributed by atoms with E-state index in [0.717, 1.165) is 19.6 Å². The lowest BCUT2D eigenvalue weighted by Crippen LogP contribution is -2.14. The minimum Gasteiger partial charge on any atom is -0.297 e. The van der Waals surface area contributed by atoms with E-state index in [0.29, 0.717) is 5.92 Å². The zero-order valence-electron chi connectivity index (χ0n) is 7.65. The molecule has 1 aliphatic heterocycles. The molecule has 0 spiro atoms. The summed E-state index contributed by atoms with van der Waals surface area (Å²) in [6, 6.07) is 2.19. The van der Waals surface area contributed by atoms with Crippen molar-refractivity contribution >= 4 is 0 Å². The van der Waals surface area contributed by atoms with E-state index in [1.165, 1.54) is 12.8 Å². The predicted octanol–water partition coefficient (Wildman–Crippen LogP) is 1.48. The number of hydrogen-bond acceptors (Lipinski definition) is 3. The van der Waals surface area contributed by atoms with Crippen LogP contribution in [0.2, 0.25) is 0 Å². The summed E-state index contributed by atoms with van der Waals surface area (Å²) in [7, 11) is 0. The maximum absolute atomic E-state index is 8.53. The van der Waals surface area contributed by atoms with E-state index in [1.54, 1.807) is 5.06 Å². The molecule has 13 heavy (non-hydrogen) atoms. The van der Waals surface area contributed by atoms with Gasteiger partial charge in [-0.25, -0.2) is 0 Å². The van der Waals surface area contributed by atoms with E-state index >= 15 is 0 Å². The third-order valence-corrected chi connectivity index (χ3v) is 2.57. The Balaban J connectivity index is 1.64. The highest BCUT2D eigenvalue weighted by Crippen LogP contribution is 2.22. The third-order valence-electron chi connectivity index (χ3n) is 2.57. The van der Waals surface area contributed by atoms with Crippen LogP contribution in [0.4, 0.5) is 0 Å². The zero-order valence-corrected chi connectivity index (χ0v) is 7.65. The van der Waals surface area contributed by atoms with Crippen molar-refractivity contribution < 1.29 is 4.84 Å². The van der Waals surface area contributed by atoms with Crippen molar-refractivity contribution in [3.8, 4) is 6.07 Å². The van der Waals surface area contributed by atoms with Gasteiger partial charge in [0, 0.05) is 0 Å². The van der Waals surface area contributed by atoms with E-state index < -0.39 is 0 Å². The van der Waals surface area contributed by atoms with Gasteiger partial charge in [-0.15, -0.1) is 0 Å². The van der Waals surface area contributed by atoms with Gasteiger partial charge in [-0.05, 0) is 25.2 Å². The Labute approximate surface area is 78.5 Å². The summed E-state index contributed by atoms with van der Waals surface area (Å²) in [5.74, 6) is 0.657. The van der Waals surface area contributed by atoms with Gasteiger partial charge in [-0.2, -0.15) is 10.3 Å². The minimum absolute atomic E-state index is 0.0270. The average molecular weight is 178 g/mol. The molecule has 1 fully saturated rings. The maximum Gasteiger partial charge on any atom is 0.137 e. The van der Waals surface area contributed by atoms with Crippen LogP contribution in [0.3, 0.4) is 0 Å². The van der Waals surface area contributed by atoms with Crippen molar-refractivity contribution in [2.75, 3.05) is 13.2 Å². The Morgan fingerprint density at radius 2 is 2.46 bits per heavy atom. The largest absolute Gasteiger partial charge is 0.297 e. The average Bonchev–Trinajstić information content (AvgIpc) is 2.95. The van der Waals surface area contributed by atoms with Gasteiger partial charge < -0.3 is 0 Å². The molecule has 0 bridgehead atoms. The van der Waals surface area contributed by atoms with E-state index in [-0.39, 0.29) is 6.04 Å². The molecule has 0 saturated carbocycles. The summed E-state index contributed by atoms with van der Waals surface area (Å²) in [6.45, 7) is 1.57. The second-order valence-corrected chi connectivity index (χ2v) is 3.69. The molecule has 2 rings (SSSR count). The molecule has 0 aromatic rings. The monoisotopic (exact) mass is 178 g/mol. The van der Waals surface area contributed by atoms with Gasteiger partial charge in [0.25, 0.3) is 0 Å². The lowest BCUT2D eigenvalue weighted by molar-refractivity contribution is -0.0870. The molecule has 70 valence electrons. The molecule has 2 aliphatic rings. The molecule has 0 N–H and O–H groups in total. The normalized spacial score (nSPS) is 37.0. The van der Waals surface area contributed by atoms with E-state index in [2.05, 4.69) is 18.2 Å². The van der Waals surface area contributed by atoms with E-state index in [9.17, 15) is 0 Å². The molecular weight excluding hydrogens is 164 g/mol. The van der Waals surface area contributed by atoms with Crippen LogP contribution in [0, 0.1) is 17.2 Å². The molecule has 1 saturated heterocycles. The highest BCUT2D eigenvalue weighted by atomic mass is 16.7. The van der Waals surface area contributed by atoms with Gasteiger partial charge in [0.05, 0.1) is 19.2 Å². The van der Waals surface area contributed by atoms with Crippen molar-refractivity contribution in [3.63, 3.8) is 0 Å². The molecule has 3 nitrogen and oxygen atoms in total. The number of hydrogen-bond donors (Lipinski definition) is 0. The molecular formula is C10H14N2O. The van der Waals surface area contributed by atoms with Crippen LogP contribution in [0.1, 0.15) is 19.3 Å². The fourth-order valence-electron chi connectivity index (χ4n) is 1.58. The highest BCUT2D eigenvalue weighted by molar-refractivity contribution is 5.02. The van der Waals surface area contributed by atoms with Crippen LogP contribution in [0.25, 0.3) is 0 Å². The van der Waals surface area contributed by atoms with Gasteiger partial charge in [0.1, 0.15) is 6.04 Å². The van der Waals surface area contributed by atoms with Gasteiger partial charge >= 0.3 is 0 Å². The van der Waals surface area contributed by atoms with Gasteiger partial charge in [-0.1, -0.05) is 12.2 Å². The number of allylic oxidation sites excluding steroid dienone is 2. The molecule has 0 aromatic heterocycles. The summed E-state index contributed by atoms with van der Waals surface area (Å²) in [4.78, 5) is 5.47. The van der Waals surface area contributed by atoms with Crippen LogP contribution in [-0.2, 0) is 4.84 Å². The van der Waals surface area contributed by atoms with Gasteiger partial charge in [0.2, 0.25) is 0 Å². The summed E-state index contributed by atoms with van der Waals surface area (Å²) < 4.78 is 0. The van der Waals surface area contributed by atoms with Crippen molar-refractivity contribution in [2.45, 2.75) is 25.3 Å². The summed E-state index contributed by atoms with van der Waals surface area (Å²) in [5.41, 5.74) is 0. The Hall–Kier alpha value is -0.850. The molecule has 0 radical (unpaired) electrons. The second-order valence-electron chi connectivity index (χ2n) is 3.69. The van der Waals surface area contributed by atoms with Gasteiger partial charge in [0.15, 0.2) is 0 Å². The lowest BCUT2D eigenvalue weighted by Gasteiger charge is -2.17. The highest BCUT2D eigenvalue weighted by Gasteiger charge is 2.35. The Morgan fingerprint density at radius 3 is 3.08 bits per heavy atom. The molecule has 0 amide bonds. The van der Waals surface area contributed by atoms with Crippen LogP contribution >= 0.6 is 0 Å². The summed E-state index contributed by atoms with van der Waals surface area (Å²) in [6.07, 6.45) is 7.98. The molecule has 3 atom stereocenters. The topological polar surface area (TPSA) is 36.0 Å². The molecule has 3 unspecified atom stereocenters. The zero-order chi connectivity index (χ0) is 9.10. The summed E-state index contributed by atoms with van der Waals surface area (Å²) in [5, 5.41) is 10.3. The third kappa shape index (κ3) is 2.30. The van der Waals surface area contributed by atoms with Crippen molar-refractivity contribution in [1.82, 2.24) is 5.06 Å². The first-order chi connectivity index (χ1) is 6.40. The number of nitrogens with zero attached hydrogens (tertiary/aromatic N) is 2.